The van der Waals surface area contributed by atoms with E-state index in [2.05, 4.69) is 0 Å². The fourth-order valence-electron chi connectivity index (χ4n) is 1.28. The van der Waals surface area contributed by atoms with Crippen molar-refractivity contribution in [2.75, 3.05) is 0 Å². The van der Waals surface area contributed by atoms with Crippen molar-refractivity contribution in [3.63, 3.8) is 0 Å². The molecule has 82 valence electrons. The molecule has 15 heavy (non-hydrogen) atoms. The van der Waals surface area contributed by atoms with E-state index in [1.54, 1.807) is 12.1 Å². The Hall–Kier alpha value is -0.940. The normalized spacial score (nSPS) is 17.0. The van der Waals surface area contributed by atoms with Gasteiger partial charge in [-0.25, -0.2) is 8.42 Å². The number of hydrogen-bond acceptors (Lipinski definition) is 2. The predicted molar refractivity (Wildman–Crippen MR) is 54.3 cm³/mol. The quantitative estimate of drug-likeness (QED) is 0.744. The molecule has 1 aliphatic rings. The minimum absolute atomic E-state index is 0.0162. The van der Waals surface area contributed by atoms with E-state index >= 15 is 0 Å². The first kappa shape index (κ1) is 10.6. The van der Waals surface area contributed by atoms with Gasteiger partial charge in [-0.15, -0.1) is 4.48 Å². The molecule has 0 radical (unpaired) electrons. The average Bonchev–Trinajstić information content (AvgIpc) is 3.00. The summed E-state index contributed by atoms with van der Waals surface area (Å²) in [5.41, 5.74) is 0.950. The third-order valence-electron chi connectivity index (χ3n) is 2.38. The molecule has 0 aliphatic heterocycles. The Morgan fingerprint density at radius 1 is 1.27 bits per heavy atom. The minimum atomic E-state index is -3.93. The second-order valence-electron chi connectivity index (χ2n) is 3.79. The lowest BCUT2D eigenvalue weighted by Crippen LogP contribution is -2.25. The molecule has 0 amide bonds. The van der Waals surface area contributed by atoms with Crippen LogP contribution in [0.5, 0.6) is 0 Å². The molecule has 1 fully saturated rings. The first-order chi connectivity index (χ1) is 7.01. The molecule has 1 aromatic rings. The summed E-state index contributed by atoms with van der Waals surface area (Å²) >= 11 is 0. The van der Waals surface area contributed by atoms with Crippen LogP contribution in [0.25, 0.3) is 0 Å². The van der Waals surface area contributed by atoms with Gasteiger partial charge in [0.2, 0.25) is 0 Å². The summed E-state index contributed by atoms with van der Waals surface area (Å²) < 4.78 is 36.7. The fourth-order valence-corrected chi connectivity index (χ4v) is 2.57. The zero-order valence-electron chi connectivity index (χ0n) is 8.35. The second kappa shape index (κ2) is 3.57. The predicted octanol–water partition coefficient (Wildman–Crippen LogP) is 2.03. The number of sulfonamides is 1. The van der Waals surface area contributed by atoms with Crippen molar-refractivity contribution in [1.82, 2.24) is 4.53 Å². The summed E-state index contributed by atoms with van der Waals surface area (Å²) in [6.07, 6.45) is 1.23. The van der Waals surface area contributed by atoms with Crippen molar-refractivity contribution in [1.29, 1.82) is 0 Å². The molecule has 0 atom stereocenters. The lowest BCUT2D eigenvalue weighted by molar-refractivity contribution is 0.129. The molecule has 0 heterocycles. The van der Waals surface area contributed by atoms with Gasteiger partial charge in [0.25, 0.3) is 10.0 Å². The van der Waals surface area contributed by atoms with Gasteiger partial charge in [-0.05, 0) is 36.4 Å². The Bertz CT molecular complexity index is 451. The molecule has 1 aliphatic carbocycles. The first-order valence-corrected chi connectivity index (χ1v) is 6.23. The molecular weight excluding hydrogens is 217 g/mol. The van der Waals surface area contributed by atoms with E-state index in [1.807, 2.05) is 6.92 Å². The van der Waals surface area contributed by atoms with Crippen LogP contribution in [0, 0.1) is 6.92 Å². The highest BCUT2D eigenvalue weighted by Crippen LogP contribution is 2.32. The van der Waals surface area contributed by atoms with Crippen LogP contribution in [0.2, 0.25) is 0 Å². The number of benzene rings is 1. The van der Waals surface area contributed by atoms with E-state index in [0.717, 1.165) is 5.56 Å². The maximum absolute atomic E-state index is 13.4. The van der Waals surface area contributed by atoms with Crippen LogP contribution in [-0.2, 0) is 10.0 Å². The van der Waals surface area contributed by atoms with Gasteiger partial charge in [-0.2, -0.15) is 0 Å². The van der Waals surface area contributed by atoms with Crippen molar-refractivity contribution < 1.29 is 12.9 Å². The third kappa shape index (κ3) is 2.03. The number of hydrogen-bond donors (Lipinski definition) is 0. The lowest BCUT2D eigenvalue weighted by Gasteiger charge is -2.11. The first-order valence-electron chi connectivity index (χ1n) is 4.79. The zero-order chi connectivity index (χ0) is 11.1. The number of nitrogens with zero attached hydrogens (tertiary/aromatic N) is 1. The van der Waals surface area contributed by atoms with E-state index in [0.29, 0.717) is 12.8 Å². The van der Waals surface area contributed by atoms with Crippen LogP contribution < -0.4 is 0 Å². The van der Waals surface area contributed by atoms with Crippen molar-refractivity contribution in [2.45, 2.75) is 30.7 Å². The Morgan fingerprint density at radius 3 is 2.27 bits per heavy atom. The van der Waals surface area contributed by atoms with Gasteiger partial charge in [-0.1, -0.05) is 17.7 Å². The molecule has 0 aromatic heterocycles. The van der Waals surface area contributed by atoms with Crippen LogP contribution in [0.4, 0.5) is 4.48 Å². The molecule has 5 heteroatoms. The maximum atomic E-state index is 13.4. The van der Waals surface area contributed by atoms with Gasteiger partial charge in [0.15, 0.2) is 0 Å². The van der Waals surface area contributed by atoms with E-state index in [-0.39, 0.29) is 9.42 Å². The molecule has 0 spiro atoms. The Morgan fingerprint density at radius 2 is 1.80 bits per heavy atom. The van der Waals surface area contributed by atoms with E-state index in [4.69, 9.17) is 0 Å². The summed E-state index contributed by atoms with van der Waals surface area (Å²) in [6.45, 7) is 1.85. The molecule has 1 saturated carbocycles. The van der Waals surface area contributed by atoms with Gasteiger partial charge >= 0.3 is 0 Å². The standard InChI is InChI=1S/C10H12FNO2S/c1-8-2-6-10(7-3-8)15(13,14)12(11)9-4-5-9/h2-3,6-7,9H,4-5H2,1H3. The van der Waals surface area contributed by atoms with E-state index in [9.17, 15) is 12.9 Å². The summed E-state index contributed by atoms with van der Waals surface area (Å²) in [6, 6.07) is 5.73. The Balaban J connectivity index is 2.32. The van der Waals surface area contributed by atoms with Crippen LogP contribution in [-0.4, -0.2) is 19.0 Å². The summed E-state index contributed by atoms with van der Waals surface area (Å²) in [7, 11) is -3.93. The van der Waals surface area contributed by atoms with Gasteiger partial charge in [0.05, 0.1) is 10.9 Å². The average molecular weight is 229 g/mol. The van der Waals surface area contributed by atoms with Crippen LogP contribution in [0.1, 0.15) is 18.4 Å². The van der Waals surface area contributed by atoms with Gasteiger partial charge < -0.3 is 0 Å². The van der Waals surface area contributed by atoms with Crippen LogP contribution >= 0.6 is 0 Å². The summed E-state index contributed by atoms with van der Waals surface area (Å²) in [4.78, 5) is 0.0162. The zero-order valence-corrected chi connectivity index (χ0v) is 9.17. The van der Waals surface area contributed by atoms with Gasteiger partial charge in [-0.3, -0.25) is 0 Å². The largest absolute Gasteiger partial charge is 0.269 e. The highest BCUT2D eigenvalue weighted by molar-refractivity contribution is 7.89. The SMILES string of the molecule is Cc1ccc(S(=O)(=O)N(F)C2CC2)cc1. The molecule has 0 bridgehead atoms. The molecule has 0 unspecified atom stereocenters. The van der Waals surface area contributed by atoms with Crippen molar-refractivity contribution in [3.8, 4) is 0 Å². The van der Waals surface area contributed by atoms with Crippen LogP contribution in [0.15, 0.2) is 29.2 Å². The number of halogens is 1. The molecule has 3 nitrogen and oxygen atoms in total. The smallest absolute Gasteiger partial charge is 0.205 e. The Labute approximate surface area is 88.5 Å². The van der Waals surface area contributed by atoms with Crippen molar-refractivity contribution in [2.24, 2.45) is 0 Å². The van der Waals surface area contributed by atoms with E-state index < -0.39 is 16.1 Å². The summed E-state index contributed by atoms with van der Waals surface area (Å²) in [5, 5.41) is 0. The topological polar surface area (TPSA) is 37.4 Å². The molecule has 0 saturated heterocycles. The van der Waals surface area contributed by atoms with Crippen molar-refractivity contribution in [3.05, 3.63) is 29.8 Å². The molecule has 1 aromatic carbocycles. The fraction of sp³-hybridized carbons (Fsp3) is 0.400. The highest BCUT2D eigenvalue weighted by Gasteiger charge is 2.38. The highest BCUT2D eigenvalue weighted by atomic mass is 32.2. The third-order valence-corrected chi connectivity index (χ3v) is 4.01. The Kier molecular flexibility index (Phi) is 2.52. The lowest BCUT2D eigenvalue weighted by atomic mass is 10.2. The molecule has 0 N–H and O–H groups in total. The van der Waals surface area contributed by atoms with E-state index in [1.165, 1.54) is 12.1 Å². The second-order valence-corrected chi connectivity index (χ2v) is 5.56. The number of aryl methyl sites for hydroxylation is 1. The molecule has 2 rings (SSSR count). The number of rotatable bonds is 3. The minimum Gasteiger partial charge on any atom is -0.205 e. The summed E-state index contributed by atoms with van der Waals surface area (Å²) in [5.74, 6) is 0. The monoisotopic (exact) mass is 229 g/mol. The maximum Gasteiger partial charge on any atom is 0.269 e. The van der Waals surface area contributed by atoms with Crippen LogP contribution in [0.3, 0.4) is 0 Å². The van der Waals surface area contributed by atoms with Gasteiger partial charge in [0, 0.05) is 0 Å². The molecular formula is C10H12FNO2S. The van der Waals surface area contributed by atoms with Gasteiger partial charge in [0.1, 0.15) is 0 Å². The van der Waals surface area contributed by atoms with Crippen molar-refractivity contribution >= 4 is 10.0 Å².